The molecular formula is C21H25F3N2O3. The average molecular weight is 410 g/mol. The van der Waals surface area contributed by atoms with Gasteiger partial charge in [-0.1, -0.05) is 38.1 Å². The lowest BCUT2D eigenvalue weighted by Crippen LogP contribution is -2.56. The van der Waals surface area contributed by atoms with Crippen LogP contribution in [0, 0.1) is 5.92 Å². The number of nitrogens with one attached hydrogen (secondary N) is 2. The first-order valence-electron chi connectivity index (χ1n) is 9.06. The molecule has 0 atom stereocenters. The number of alkyl halides is 3. The molecule has 0 saturated carbocycles. The predicted octanol–water partition coefficient (Wildman–Crippen LogP) is 4.18. The van der Waals surface area contributed by atoms with Gasteiger partial charge in [-0.3, -0.25) is 10.2 Å². The Bertz CT molecular complexity index is 756. The van der Waals surface area contributed by atoms with Crippen LogP contribution in [0.4, 0.5) is 13.2 Å². The maximum Gasteiger partial charge on any atom is 0.472 e. The van der Waals surface area contributed by atoms with E-state index in [1.54, 1.807) is 48.5 Å². The monoisotopic (exact) mass is 410 g/mol. The van der Waals surface area contributed by atoms with Crippen LogP contribution in [0.2, 0.25) is 0 Å². The van der Waals surface area contributed by atoms with Gasteiger partial charge < -0.3 is 9.47 Å². The summed E-state index contributed by atoms with van der Waals surface area (Å²) in [5, 5.41) is 0. The van der Waals surface area contributed by atoms with Crippen LogP contribution in [0.25, 0.3) is 0 Å². The number of halogens is 3. The van der Waals surface area contributed by atoms with Crippen LogP contribution in [-0.4, -0.2) is 26.3 Å². The zero-order chi connectivity index (χ0) is 21.7. The van der Waals surface area contributed by atoms with Crippen LogP contribution in [0.5, 0.6) is 11.5 Å². The summed E-state index contributed by atoms with van der Waals surface area (Å²) in [6.07, 6.45) is -4.58. The molecule has 0 aliphatic carbocycles. The summed E-state index contributed by atoms with van der Waals surface area (Å²) in [4.78, 5) is 11.5. The number of carbonyl (C=O) groups excluding carboxylic acids is 1. The summed E-state index contributed by atoms with van der Waals surface area (Å²) in [6.45, 7) is 3.91. The van der Waals surface area contributed by atoms with Gasteiger partial charge in [0.25, 0.3) is 0 Å². The molecule has 0 unspecified atom stereocenters. The molecule has 158 valence electrons. The lowest BCUT2D eigenvalue weighted by atomic mass is 9.77. The summed E-state index contributed by atoms with van der Waals surface area (Å²) >= 11 is 0. The van der Waals surface area contributed by atoms with Crippen molar-refractivity contribution < 1.29 is 27.4 Å². The van der Waals surface area contributed by atoms with Gasteiger partial charge in [0.2, 0.25) is 0 Å². The molecule has 0 bridgehead atoms. The molecule has 5 nitrogen and oxygen atoms in total. The van der Waals surface area contributed by atoms with Gasteiger partial charge in [0.1, 0.15) is 11.5 Å². The van der Waals surface area contributed by atoms with Gasteiger partial charge >= 0.3 is 12.1 Å². The molecule has 8 heteroatoms. The van der Waals surface area contributed by atoms with Crippen molar-refractivity contribution in [2.75, 3.05) is 14.2 Å². The van der Waals surface area contributed by atoms with E-state index >= 15 is 0 Å². The lowest BCUT2D eigenvalue weighted by Gasteiger charge is -2.38. The predicted molar refractivity (Wildman–Crippen MR) is 104 cm³/mol. The molecule has 0 radical (unpaired) electrons. The Morgan fingerprint density at radius 2 is 1.31 bits per heavy atom. The minimum Gasteiger partial charge on any atom is -0.497 e. The van der Waals surface area contributed by atoms with Crippen LogP contribution >= 0.6 is 0 Å². The topological polar surface area (TPSA) is 59.6 Å². The number of rotatable bonds is 8. The number of amides is 1. The molecule has 2 aromatic carbocycles. The Balaban J connectivity index is 2.57. The first-order chi connectivity index (χ1) is 13.6. The lowest BCUT2D eigenvalue weighted by molar-refractivity contribution is -0.175. The van der Waals surface area contributed by atoms with Gasteiger partial charge in [-0.2, -0.15) is 13.2 Å². The summed E-state index contributed by atoms with van der Waals surface area (Å²) in [5.74, 6) is -0.746. The Kier molecular flexibility index (Phi) is 7.13. The van der Waals surface area contributed by atoms with E-state index in [1.807, 2.05) is 19.3 Å². The van der Waals surface area contributed by atoms with E-state index in [4.69, 9.17) is 9.47 Å². The summed E-state index contributed by atoms with van der Waals surface area (Å²) < 4.78 is 48.8. The average Bonchev–Trinajstić information content (AvgIpc) is 2.70. The van der Waals surface area contributed by atoms with Crippen molar-refractivity contribution in [2.45, 2.75) is 32.0 Å². The second kappa shape index (κ2) is 9.17. The normalized spacial score (nSPS) is 12.0. The fourth-order valence-corrected chi connectivity index (χ4v) is 3.20. The first kappa shape index (κ1) is 22.5. The van der Waals surface area contributed by atoms with Crippen LogP contribution in [0.3, 0.4) is 0 Å². The fourth-order valence-electron chi connectivity index (χ4n) is 3.20. The van der Waals surface area contributed by atoms with Gasteiger partial charge in [-0.25, -0.2) is 5.43 Å². The molecule has 0 saturated heterocycles. The molecule has 0 aliphatic rings. The van der Waals surface area contributed by atoms with E-state index in [1.165, 1.54) is 14.2 Å². The number of carbonyl (C=O) groups is 1. The largest absolute Gasteiger partial charge is 0.497 e. The zero-order valence-corrected chi connectivity index (χ0v) is 16.8. The van der Waals surface area contributed by atoms with E-state index in [0.717, 1.165) is 0 Å². The molecule has 29 heavy (non-hydrogen) atoms. The van der Waals surface area contributed by atoms with Crippen molar-refractivity contribution in [1.82, 2.24) is 10.9 Å². The summed E-state index contributed by atoms with van der Waals surface area (Å²) in [7, 11) is 3.06. The highest BCUT2D eigenvalue weighted by atomic mass is 19.4. The highest BCUT2D eigenvalue weighted by Gasteiger charge is 2.42. The molecule has 0 aliphatic heterocycles. The number of ether oxygens (including phenoxy) is 2. The number of hydrogen-bond acceptors (Lipinski definition) is 4. The molecule has 0 aromatic heterocycles. The summed E-state index contributed by atoms with van der Waals surface area (Å²) in [6, 6.07) is 13.9. The van der Waals surface area contributed by atoms with Gasteiger partial charge in [0.05, 0.1) is 19.8 Å². The SMILES string of the molecule is COc1ccc(C(CC(C)C)(NNC(=O)C(F)(F)F)c2ccc(OC)cc2)cc1. The Labute approximate surface area is 168 Å². The van der Waals surface area contributed by atoms with Crippen molar-refractivity contribution in [3.05, 3.63) is 59.7 Å². The van der Waals surface area contributed by atoms with E-state index in [0.29, 0.717) is 29.0 Å². The molecule has 0 fully saturated rings. The van der Waals surface area contributed by atoms with Crippen molar-refractivity contribution in [3.8, 4) is 11.5 Å². The van der Waals surface area contributed by atoms with E-state index in [-0.39, 0.29) is 5.92 Å². The van der Waals surface area contributed by atoms with E-state index < -0.39 is 17.6 Å². The van der Waals surface area contributed by atoms with Crippen molar-refractivity contribution in [1.29, 1.82) is 0 Å². The number of methoxy groups -OCH3 is 2. The van der Waals surface area contributed by atoms with Crippen LogP contribution in [-0.2, 0) is 10.3 Å². The maximum absolute atomic E-state index is 12.8. The Hall–Kier alpha value is -2.74. The van der Waals surface area contributed by atoms with E-state index in [2.05, 4.69) is 5.43 Å². The molecular weight excluding hydrogens is 385 g/mol. The van der Waals surface area contributed by atoms with Crippen LogP contribution < -0.4 is 20.3 Å². The quantitative estimate of drug-likeness (QED) is 0.641. The molecule has 2 aromatic rings. The minimum absolute atomic E-state index is 0.0921. The number of hydrogen-bond donors (Lipinski definition) is 2. The Morgan fingerprint density at radius 1 is 0.897 bits per heavy atom. The Morgan fingerprint density at radius 3 is 1.62 bits per heavy atom. The maximum atomic E-state index is 12.8. The van der Waals surface area contributed by atoms with Gasteiger partial charge in [-0.15, -0.1) is 0 Å². The second-order valence-electron chi connectivity index (χ2n) is 7.04. The molecule has 0 heterocycles. The van der Waals surface area contributed by atoms with Crippen molar-refractivity contribution >= 4 is 5.91 Å². The van der Waals surface area contributed by atoms with Crippen molar-refractivity contribution in [2.24, 2.45) is 5.92 Å². The molecule has 1 amide bonds. The van der Waals surface area contributed by atoms with Crippen LogP contribution in [0.1, 0.15) is 31.4 Å². The van der Waals surface area contributed by atoms with Gasteiger partial charge in [0.15, 0.2) is 0 Å². The zero-order valence-electron chi connectivity index (χ0n) is 16.8. The number of benzene rings is 2. The third-order valence-corrected chi connectivity index (χ3v) is 4.53. The minimum atomic E-state index is -5.00. The smallest absolute Gasteiger partial charge is 0.472 e. The van der Waals surface area contributed by atoms with Crippen molar-refractivity contribution in [3.63, 3.8) is 0 Å². The fraction of sp³-hybridized carbons (Fsp3) is 0.381. The number of hydrazine groups is 1. The molecule has 2 rings (SSSR count). The first-order valence-corrected chi connectivity index (χ1v) is 9.06. The van der Waals surface area contributed by atoms with Gasteiger partial charge in [0, 0.05) is 0 Å². The van der Waals surface area contributed by atoms with Gasteiger partial charge in [-0.05, 0) is 47.7 Å². The highest BCUT2D eigenvalue weighted by molar-refractivity contribution is 5.81. The molecule has 2 N–H and O–H groups in total. The molecule has 0 spiro atoms. The third-order valence-electron chi connectivity index (χ3n) is 4.53. The highest BCUT2D eigenvalue weighted by Crippen LogP contribution is 2.37. The standard InChI is InChI=1S/C21H25F3N2O3/c1-14(2)13-20(26-25-19(27)21(22,23)24,15-5-9-17(28-3)10-6-15)16-7-11-18(29-4)12-8-16/h5-12,14,26H,13H2,1-4H3,(H,25,27). The van der Waals surface area contributed by atoms with Crippen LogP contribution in [0.15, 0.2) is 48.5 Å². The second-order valence-corrected chi connectivity index (χ2v) is 7.04. The third kappa shape index (κ3) is 5.41. The summed E-state index contributed by atoms with van der Waals surface area (Å²) in [5.41, 5.74) is 4.78. The van der Waals surface area contributed by atoms with E-state index in [9.17, 15) is 18.0 Å².